The van der Waals surface area contributed by atoms with Crippen LogP contribution in [-0.2, 0) is 14.4 Å². The van der Waals surface area contributed by atoms with Gasteiger partial charge in [0.1, 0.15) is 0 Å². The minimum Gasteiger partial charge on any atom is -0.475 e. The summed E-state index contributed by atoms with van der Waals surface area (Å²) >= 11 is 0. The summed E-state index contributed by atoms with van der Waals surface area (Å²) in [6, 6.07) is 0. The standard InChI is InChI=1S/C6H6O4/c1-3(2)4(7)5(8)6(9)10/h1H2,2H3,(H,9,10). The van der Waals surface area contributed by atoms with Crippen molar-refractivity contribution in [1.29, 1.82) is 0 Å². The quantitative estimate of drug-likeness (QED) is 0.336. The number of aliphatic carboxylic acids is 1. The van der Waals surface area contributed by atoms with Crippen LogP contribution in [0.25, 0.3) is 0 Å². The summed E-state index contributed by atoms with van der Waals surface area (Å²) in [5.41, 5.74) is -0.0626. The normalized spacial score (nSPS) is 8.50. The van der Waals surface area contributed by atoms with Crippen molar-refractivity contribution >= 4 is 17.5 Å². The molecule has 0 aliphatic carbocycles. The van der Waals surface area contributed by atoms with Crippen molar-refractivity contribution < 1.29 is 19.5 Å². The zero-order valence-corrected chi connectivity index (χ0v) is 5.38. The zero-order chi connectivity index (χ0) is 8.31. The van der Waals surface area contributed by atoms with Gasteiger partial charge in [0.15, 0.2) is 0 Å². The Morgan fingerprint density at radius 3 is 1.70 bits per heavy atom. The van der Waals surface area contributed by atoms with E-state index in [0.29, 0.717) is 0 Å². The second kappa shape index (κ2) is 2.91. The largest absolute Gasteiger partial charge is 0.475 e. The van der Waals surface area contributed by atoms with E-state index in [-0.39, 0.29) is 5.57 Å². The van der Waals surface area contributed by atoms with E-state index in [4.69, 9.17) is 5.11 Å². The lowest BCUT2D eigenvalue weighted by molar-refractivity contribution is -0.152. The molecule has 0 radical (unpaired) electrons. The van der Waals surface area contributed by atoms with Gasteiger partial charge in [-0.2, -0.15) is 0 Å². The molecule has 0 unspecified atom stereocenters. The third-order valence-electron chi connectivity index (χ3n) is 0.788. The molecule has 0 aromatic rings. The van der Waals surface area contributed by atoms with E-state index in [1.54, 1.807) is 0 Å². The van der Waals surface area contributed by atoms with Gasteiger partial charge in [-0.15, -0.1) is 0 Å². The molecular formula is C6H6O4. The summed E-state index contributed by atoms with van der Waals surface area (Å²) in [5, 5.41) is 7.99. The third-order valence-corrected chi connectivity index (χ3v) is 0.788. The summed E-state index contributed by atoms with van der Waals surface area (Å²) in [6.45, 7) is 4.41. The number of carbonyl (C=O) groups excluding carboxylic acids is 2. The lowest BCUT2D eigenvalue weighted by Crippen LogP contribution is -2.23. The molecule has 0 amide bonds. The molecule has 0 heterocycles. The van der Waals surface area contributed by atoms with Crippen molar-refractivity contribution in [3.8, 4) is 0 Å². The first-order valence-corrected chi connectivity index (χ1v) is 2.44. The predicted molar refractivity (Wildman–Crippen MR) is 32.5 cm³/mol. The third kappa shape index (κ3) is 1.81. The number of hydrogen-bond acceptors (Lipinski definition) is 3. The number of carboxylic acids is 1. The molecule has 4 heteroatoms. The van der Waals surface area contributed by atoms with Crippen LogP contribution in [0.15, 0.2) is 12.2 Å². The number of carboxylic acid groups (broad SMARTS) is 1. The number of ketones is 2. The second-order valence-corrected chi connectivity index (χ2v) is 1.74. The average molecular weight is 142 g/mol. The molecule has 1 N–H and O–H groups in total. The van der Waals surface area contributed by atoms with Gasteiger partial charge in [0.05, 0.1) is 0 Å². The fourth-order valence-corrected chi connectivity index (χ4v) is 0.291. The highest BCUT2D eigenvalue weighted by Gasteiger charge is 2.21. The topological polar surface area (TPSA) is 71.4 Å². The van der Waals surface area contributed by atoms with Crippen LogP contribution >= 0.6 is 0 Å². The van der Waals surface area contributed by atoms with Gasteiger partial charge in [-0.25, -0.2) is 4.79 Å². The number of hydrogen-bond donors (Lipinski definition) is 1. The monoisotopic (exact) mass is 142 g/mol. The summed E-state index contributed by atoms with van der Waals surface area (Å²) in [6.07, 6.45) is 0. The van der Waals surface area contributed by atoms with Crippen molar-refractivity contribution in [3.63, 3.8) is 0 Å². The Morgan fingerprint density at radius 2 is 1.60 bits per heavy atom. The molecule has 0 spiro atoms. The van der Waals surface area contributed by atoms with Crippen molar-refractivity contribution in [3.05, 3.63) is 12.2 Å². The molecule has 54 valence electrons. The molecule has 0 bridgehead atoms. The number of carbonyl (C=O) groups is 3. The van der Waals surface area contributed by atoms with Crippen molar-refractivity contribution in [2.75, 3.05) is 0 Å². The zero-order valence-electron chi connectivity index (χ0n) is 5.38. The molecule has 0 aliphatic rings. The van der Waals surface area contributed by atoms with E-state index in [1.165, 1.54) is 6.92 Å². The van der Waals surface area contributed by atoms with Gasteiger partial charge in [0.25, 0.3) is 0 Å². The maximum atomic E-state index is 10.5. The fraction of sp³-hybridized carbons (Fsp3) is 0.167. The summed E-state index contributed by atoms with van der Waals surface area (Å²) in [4.78, 5) is 30.6. The Labute approximate surface area is 57.2 Å². The minimum absolute atomic E-state index is 0.0626. The second-order valence-electron chi connectivity index (χ2n) is 1.74. The lowest BCUT2D eigenvalue weighted by atomic mass is 10.1. The minimum atomic E-state index is -1.74. The molecule has 10 heavy (non-hydrogen) atoms. The van der Waals surface area contributed by atoms with Gasteiger partial charge < -0.3 is 5.11 Å². The molecule has 0 aromatic heterocycles. The molecule has 0 saturated heterocycles. The molecule has 0 fully saturated rings. The van der Waals surface area contributed by atoms with Crippen LogP contribution in [0.1, 0.15) is 6.92 Å². The first kappa shape index (κ1) is 8.55. The van der Waals surface area contributed by atoms with Gasteiger partial charge in [0.2, 0.25) is 5.78 Å². The molecular weight excluding hydrogens is 136 g/mol. The van der Waals surface area contributed by atoms with E-state index in [2.05, 4.69) is 6.58 Å². The molecule has 0 rings (SSSR count). The SMILES string of the molecule is C=C(C)C(=O)C(=O)C(=O)O. The van der Waals surface area contributed by atoms with Crippen molar-refractivity contribution in [2.24, 2.45) is 0 Å². The van der Waals surface area contributed by atoms with E-state index >= 15 is 0 Å². The van der Waals surface area contributed by atoms with Gasteiger partial charge in [-0.05, 0) is 12.5 Å². The van der Waals surface area contributed by atoms with Crippen LogP contribution in [0.3, 0.4) is 0 Å². The Bertz CT molecular complexity index is 190. The van der Waals surface area contributed by atoms with E-state index < -0.39 is 17.5 Å². The maximum Gasteiger partial charge on any atom is 0.380 e. The van der Waals surface area contributed by atoms with Crippen LogP contribution in [0.4, 0.5) is 0 Å². The summed E-state index contributed by atoms with van der Waals surface area (Å²) < 4.78 is 0. The van der Waals surface area contributed by atoms with Crippen molar-refractivity contribution in [2.45, 2.75) is 6.92 Å². The lowest BCUT2D eigenvalue weighted by Gasteiger charge is -1.90. The average Bonchev–Trinajstić information content (AvgIpc) is 1.84. The van der Waals surface area contributed by atoms with Crippen molar-refractivity contribution in [1.82, 2.24) is 0 Å². The number of rotatable bonds is 3. The van der Waals surface area contributed by atoms with Gasteiger partial charge in [-0.1, -0.05) is 6.58 Å². The van der Waals surface area contributed by atoms with E-state index in [9.17, 15) is 14.4 Å². The summed E-state index contributed by atoms with van der Waals surface area (Å²) in [7, 11) is 0. The van der Waals surface area contributed by atoms with Crippen LogP contribution in [0.2, 0.25) is 0 Å². The molecule has 0 atom stereocenters. The van der Waals surface area contributed by atoms with Gasteiger partial charge in [-0.3, -0.25) is 9.59 Å². The van der Waals surface area contributed by atoms with Gasteiger partial charge in [0, 0.05) is 0 Å². The molecule has 0 saturated carbocycles. The molecule has 0 aliphatic heterocycles. The number of allylic oxidation sites excluding steroid dienone is 1. The van der Waals surface area contributed by atoms with Crippen LogP contribution in [0.5, 0.6) is 0 Å². The Kier molecular flexibility index (Phi) is 2.49. The van der Waals surface area contributed by atoms with Crippen LogP contribution in [0, 0.1) is 0 Å². The highest BCUT2D eigenvalue weighted by atomic mass is 16.4. The highest BCUT2D eigenvalue weighted by molar-refractivity contribution is 6.64. The predicted octanol–water partition coefficient (Wildman–Crippen LogP) is -0.215. The molecule has 0 aromatic carbocycles. The van der Waals surface area contributed by atoms with Crippen LogP contribution in [-0.4, -0.2) is 22.6 Å². The first-order valence-electron chi connectivity index (χ1n) is 2.44. The van der Waals surface area contributed by atoms with E-state index in [1.807, 2.05) is 0 Å². The highest BCUT2D eigenvalue weighted by Crippen LogP contribution is 1.90. The smallest absolute Gasteiger partial charge is 0.380 e. The molecule has 4 nitrogen and oxygen atoms in total. The Morgan fingerprint density at radius 1 is 1.20 bits per heavy atom. The van der Waals surface area contributed by atoms with Gasteiger partial charge >= 0.3 is 11.8 Å². The summed E-state index contributed by atoms with van der Waals surface area (Å²) in [5.74, 6) is -4.23. The van der Waals surface area contributed by atoms with E-state index in [0.717, 1.165) is 0 Å². The Balaban J connectivity index is 4.39. The number of Topliss-reactive ketones (excluding diaryl/α,β-unsaturated/α-hetero) is 2. The Hall–Kier alpha value is -1.45. The maximum absolute atomic E-state index is 10.5. The van der Waals surface area contributed by atoms with Crippen LogP contribution < -0.4 is 0 Å². The fourth-order valence-electron chi connectivity index (χ4n) is 0.291. The first-order chi connectivity index (χ1) is 4.46.